The van der Waals surface area contributed by atoms with Crippen molar-refractivity contribution in [3.63, 3.8) is 0 Å². The summed E-state index contributed by atoms with van der Waals surface area (Å²) in [6, 6.07) is 19.5. The molecular weight excluding hydrogens is 459 g/mol. The molecule has 0 saturated heterocycles. The molecule has 0 aliphatic heterocycles. The highest BCUT2D eigenvalue weighted by Crippen LogP contribution is 2.31. The third-order valence-electron chi connectivity index (χ3n) is 4.31. The maximum absolute atomic E-state index is 12.6. The molecule has 0 aliphatic rings. The molecule has 0 bridgehead atoms. The molecule has 0 heterocycles. The van der Waals surface area contributed by atoms with Crippen molar-refractivity contribution in [1.82, 2.24) is 0 Å². The summed E-state index contributed by atoms with van der Waals surface area (Å²) < 4.78 is 33.4. The average molecular weight is 479 g/mol. The predicted octanol–water partition coefficient (Wildman–Crippen LogP) is 5.59. The van der Waals surface area contributed by atoms with Gasteiger partial charge in [0.05, 0.1) is 20.6 Å². The first kappa shape index (κ1) is 22.9. The Labute approximate surface area is 191 Å². The number of halogens is 2. The van der Waals surface area contributed by atoms with Gasteiger partial charge >= 0.3 is 0 Å². The van der Waals surface area contributed by atoms with Crippen LogP contribution in [-0.4, -0.2) is 20.4 Å². The number of rotatable bonds is 8. The molecule has 0 radical (unpaired) electrons. The Morgan fingerprint density at radius 3 is 2.29 bits per heavy atom. The van der Waals surface area contributed by atoms with E-state index < -0.39 is 16.1 Å². The summed E-state index contributed by atoms with van der Waals surface area (Å²) in [6.07, 6.45) is -0.213. The number of amides is 1. The van der Waals surface area contributed by atoms with E-state index in [1.807, 2.05) is 25.1 Å². The van der Waals surface area contributed by atoms with Gasteiger partial charge in [-0.15, -0.1) is 0 Å². The SMILES string of the molecule is CC[C@H](Oc1ccccc1)C(=O)Nc1ccc(S(=O)(=O)Nc2cccc(Cl)c2Cl)cc1. The van der Waals surface area contributed by atoms with Crippen molar-refractivity contribution in [3.8, 4) is 5.75 Å². The van der Waals surface area contributed by atoms with Crippen molar-refractivity contribution in [1.29, 1.82) is 0 Å². The first-order chi connectivity index (χ1) is 14.8. The van der Waals surface area contributed by atoms with E-state index in [0.717, 1.165) is 0 Å². The van der Waals surface area contributed by atoms with Crippen molar-refractivity contribution in [2.24, 2.45) is 0 Å². The van der Waals surface area contributed by atoms with Crippen molar-refractivity contribution in [2.45, 2.75) is 24.3 Å². The third-order valence-corrected chi connectivity index (χ3v) is 6.51. The Balaban J connectivity index is 1.69. The van der Waals surface area contributed by atoms with E-state index in [2.05, 4.69) is 10.0 Å². The molecule has 0 aromatic heterocycles. The Kier molecular flexibility index (Phi) is 7.43. The van der Waals surface area contributed by atoms with Gasteiger partial charge in [0.1, 0.15) is 5.75 Å². The summed E-state index contributed by atoms with van der Waals surface area (Å²) in [6.45, 7) is 1.84. The van der Waals surface area contributed by atoms with Crippen LogP contribution in [0.25, 0.3) is 0 Å². The fourth-order valence-corrected chi connectivity index (χ4v) is 4.19. The second-order valence-corrected chi connectivity index (χ2v) is 9.02. The quantitative estimate of drug-likeness (QED) is 0.441. The maximum Gasteiger partial charge on any atom is 0.265 e. The van der Waals surface area contributed by atoms with E-state index in [0.29, 0.717) is 17.9 Å². The molecule has 0 unspecified atom stereocenters. The highest BCUT2D eigenvalue weighted by Gasteiger charge is 2.20. The summed E-state index contributed by atoms with van der Waals surface area (Å²) in [5.41, 5.74) is 0.621. The van der Waals surface area contributed by atoms with E-state index in [1.165, 1.54) is 30.3 Å². The van der Waals surface area contributed by atoms with E-state index in [4.69, 9.17) is 27.9 Å². The van der Waals surface area contributed by atoms with Crippen molar-refractivity contribution in [2.75, 3.05) is 10.0 Å². The second kappa shape index (κ2) is 10.0. The largest absolute Gasteiger partial charge is 0.481 e. The Morgan fingerprint density at radius 1 is 0.968 bits per heavy atom. The molecule has 1 amide bonds. The third kappa shape index (κ3) is 5.91. The number of hydrogen-bond acceptors (Lipinski definition) is 4. The lowest BCUT2D eigenvalue weighted by Crippen LogP contribution is -2.32. The maximum atomic E-state index is 12.6. The van der Waals surface area contributed by atoms with Gasteiger partial charge in [-0.05, 0) is 55.0 Å². The molecule has 6 nitrogen and oxygen atoms in total. The lowest BCUT2D eigenvalue weighted by molar-refractivity contribution is -0.122. The number of ether oxygens (including phenoxy) is 1. The van der Waals surface area contributed by atoms with Gasteiger partial charge in [-0.1, -0.05) is 54.4 Å². The summed E-state index contributed by atoms with van der Waals surface area (Å²) >= 11 is 12.0. The van der Waals surface area contributed by atoms with Crippen LogP contribution in [0.4, 0.5) is 11.4 Å². The molecule has 1 atom stereocenters. The molecule has 0 spiro atoms. The summed E-state index contributed by atoms with van der Waals surface area (Å²) in [5.74, 6) is 0.266. The molecule has 9 heteroatoms. The van der Waals surface area contributed by atoms with Crippen molar-refractivity contribution < 1.29 is 17.9 Å². The summed E-state index contributed by atoms with van der Waals surface area (Å²) in [4.78, 5) is 12.6. The monoisotopic (exact) mass is 478 g/mol. The smallest absolute Gasteiger partial charge is 0.265 e. The molecule has 3 aromatic carbocycles. The number of sulfonamides is 1. The first-order valence-corrected chi connectivity index (χ1v) is 11.6. The van der Waals surface area contributed by atoms with E-state index >= 15 is 0 Å². The fourth-order valence-electron chi connectivity index (χ4n) is 2.71. The van der Waals surface area contributed by atoms with Gasteiger partial charge in [0.25, 0.3) is 15.9 Å². The van der Waals surface area contributed by atoms with E-state index in [9.17, 15) is 13.2 Å². The predicted molar refractivity (Wildman–Crippen MR) is 123 cm³/mol. The zero-order valence-electron chi connectivity index (χ0n) is 16.5. The topological polar surface area (TPSA) is 84.5 Å². The molecule has 0 fully saturated rings. The number of carbonyl (C=O) groups excluding carboxylic acids is 1. The Hall–Kier alpha value is -2.74. The molecule has 3 aromatic rings. The lowest BCUT2D eigenvalue weighted by Gasteiger charge is -2.17. The minimum Gasteiger partial charge on any atom is -0.481 e. The molecule has 162 valence electrons. The van der Waals surface area contributed by atoms with Gasteiger partial charge in [-0.3, -0.25) is 9.52 Å². The van der Waals surface area contributed by atoms with Crippen LogP contribution in [0, 0.1) is 0 Å². The van der Waals surface area contributed by atoms with Crippen LogP contribution in [0.2, 0.25) is 10.0 Å². The molecule has 31 heavy (non-hydrogen) atoms. The van der Waals surface area contributed by atoms with Crippen LogP contribution >= 0.6 is 23.2 Å². The second-order valence-electron chi connectivity index (χ2n) is 6.55. The van der Waals surface area contributed by atoms with E-state index in [1.54, 1.807) is 24.3 Å². The molecular formula is C22H20Cl2N2O4S. The van der Waals surface area contributed by atoms with Gasteiger partial charge in [-0.25, -0.2) is 8.42 Å². The minimum absolute atomic E-state index is 0.00844. The van der Waals surface area contributed by atoms with Gasteiger partial charge in [0.15, 0.2) is 6.10 Å². The van der Waals surface area contributed by atoms with Crippen LogP contribution in [0.1, 0.15) is 13.3 Å². The van der Waals surface area contributed by atoms with Crippen LogP contribution in [0.5, 0.6) is 5.75 Å². The number of carbonyl (C=O) groups is 1. The zero-order valence-corrected chi connectivity index (χ0v) is 18.8. The zero-order chi connectivity index (χ0) is 22.4. The summed E-state index contributed by atoms with van der Waals surface area (Å²) in [7, 11) is -3.89. The Morgan fingerprint density at radius 2 is 1.65 bits per heavy atom. The Bertz CT molecular complexity index is 1150. The van der Waals surface area contributed by atoms with Crippen LogP contribution in [0.3, 0.4) is 0 Å². The standard InChI is InChI=1S/C22H20Cl2N2O4S/c1-2-20(30-16-7-4-3-5-8-16)22(27)25-15-11-13-17(14-12-15)31(28,29)26-19-10-6-9-18(23)21(19)24/h3-14,20,26H,2H2,1H3,(H,25,27)/t20-/m0/s1. The number of benzene rings is 3. The van der Waals surface area contributed by atoms with Gasteiger partial charge < -0.3 is 10.1 Å². The minimum atomic E-state index is -3.89. The molecule has 0 aliphatic carbocycles. The van der Waals surface area contributed by atoms with Crippen LogP contribution in [0.15, 0.2) is 77.7 Å². The number of anilines is 2. The van der Waals surface area contributed by atoms with Crippen molar-refractivity contribution in [3.05, 3.63) is 82.8 Å². The van der Waals surface area contributed by atoms with Gasteiger partial charge in [0.2, 0.25) is 0 Å². The number of para-hydroxylation sites is 1. The van der Waals surface area contributed by atoms with Crippen molar-refractivity contribution >= 4 is 50.5 Å². The highest BCUT2D eigenvalue weighted by atomic mass is 35.5. The number of nitrogens with one attached hydrogen (secondary N) is 2. The molecule has 0 saturated carbocycles. The van der Waals surface area contributed by atoms with Crippen LogP contribution < -0.4 is 14.8 Å². The average Bonchev–Trinajstić information content (AvgIpc) is 2.76. The first-order valence-electron chi connectivity index (χ1n) is 9.39. The molecule has 2 N–H and O–H groups in total. The number of hydrogen-bond donors (Lipinski definition) is 2. The van der Waals surface area contributed by atoms with Crippen LogP contribution in [-0.2, 0) is 14.8 Å². The van der Waals surface area contributed by atoms with Gasteiger partial charge in [-0.2, -0.15) is 0 Å². The normalized spacial score (nSPS) is 12.1. The molecule has 3 rings (SSSR count). The summed E-state index contributed by atoms with van der Waals surface area (Å²) in [5, 5.41) is 3.09. The highest BCUT2D eigenvalue weighted by molar-refractivity contribution is 7.92. The fraction of sp³-hybridized carbons (Fsp3) is 0.136. The van der Waals surface area contributed by atoms with Gasteiger partial charge in [0, 0.05) is 5.69 Å². The lowest BCUT2D eigenvalue weighted by atomic mass is 10.2. The van der Waals surface area contributed by atoms with E-state index in [-0.39, 0.29) is 26.5 Å².